The third-order valence-electron chi connectivity index (χ3n) is 2.74. The summed E-state index contributed by atoms with van der Waals surface area (Å²) in [6, 6.07) is 5.93. The van der Waals surface area contributed by atoms with Gasteiger partial charge in [0.2, 0.25) is 0 Å². The molecule has 0 unspecified atom stereocenters. The highest BCUT2D eigenvalue weighted by atomic mass is 14.8. The molecule has 0 aliphatic heterocycles. The first kappa shape index (κ1) is 15.8. The van der Waals surface area contributed by atoms with Crippen molar-refractivity contribution < 1.29 is 0 Å². The van der Waals surface area contributed by atoms with E-state index in [1.165, 1.54) is 0 Å². The molecule has 104 valence electrons. The molecule has 0 amide bonds. The van der Waals surface area contributed by atoms with Crippen molar-refractivity contribution in [2.75, 3.05) is 0 Å². The Balaban J connectivity index is 0.000000956. The highest BCUT2D eigenvalue weighted by Gasteiger charge is 2.06. The van der Waals surface area contributed by atoms with Gasteiger partial charge < -0.3 is 0 Å². The summed E-state index contributed by atoms with van der Waals surface area (Å²) in [5, 5.41) is 0. The fraction of sp³-hybridized carbons (Fsp3) is 0.222. The van der Waals surface area contributed by atoms with Crippen molar-refractivity contribution in [2.24, 2.45) is 0 Å². The molecule has 0 aliphatic rings. The van der Waals surface area contributed by atoms with Crippen molar-refractivity contribution in [2.45, 2.75) is 27.7 Å². The second-order valence-electron chi connectivity index (χ2n) is 4.05. The summed E-state index contributed by atoms with van der Waals surface area (Å²) in [5.74, 6) is 0. The highest BCUT2D eigenvalue weighted by Crippen LogP contribution is 2.21. The SMILES string of the molecule is C=C/C(=C\C=C/C)c1nc2cccnc2cc1C.CC. The first-order chi connectivity index (χ1) is 9.76. The molecular weight excluding hydrogens is 244 g/mol. The maximum Gasteiger partial charge on any atom is 0.0894 e. The van der Waals surface area contributed by atoms with Crippen LogP contribution in [0.3, 0.4) is 0 Å². The van der Waals surface area contributed by atoms with Crippen molar-refractivity contribution in [3.05, 3.63) is 66.5 Å². The van der Waals surface area contributed by atoms with E-state index in [1.807, 2.05) is 64.1 Å². The Labute approximate surface area is 121 Å². The second kappa shape index (κ2) is 8.05. The van der Waals surface area contributed by atoms with E-state index in [1.54, 1.807) is 6.20 Å². The average Bonchev–Trinajstić information content (AvgIpc) is 2.50. The number of nitrogens with zero attached hydrogens (tertiary/aromatic N) is 2. The molecule has 2 aromatic rings. The van der Waals surface area contributed by atoms with E-state index in [0.717, 1.165) is 27.9 Å². The number of hydrogen-bond donors (Lipinski definition) is 0. The Bertz CT molecular complexity index is 637. The summed E-state index contributed by atoms with van der Waals surface area (Å²) in [6.45, 7) is 11.9. The summed E-state index contributed by atoms with van der Waals surface area (Å²) >= 11 is 0. The molecule has 0 fully saturated rings. The third-order valence-corrected chi connectivity index (χ3v) is 2.74. The van der Waals surface area contributed by atoms with Crippen LogP contribution in [-0.2, 0) is 0 Å². The molecule has 0 aromatic carbocycles. The molecule has 0 aliphatic carbocycles. The highest BCUT2D eigenvalue weighted by molar-refractivity contribution is 5.82. The first-order valence-corrected chi connectivity index (χ1v) is 6.94. The normalized spacial score (nSPS) is 11.3. The van der Waals surface area contributed by atoms with Crippen LogP contribution in [0, 0.1) is 6.92 Å². The van der Waals surface area contributed by atoms with E-state index in [9.17, 15) is 0 Å². The van der Waals surface area contributed by atoms with Crippen LogP contribution in [0.5, 0.6) is 0 Å². The predicted molar refractivity (Wildman–Crippen MR) is 88.6 cm³/mol. The van der Waals surface area contributed by atoms with Crippen LogP contribution in [0.15, 0.2) is 55.3 Å². The molecule has 2 aromatic heterocycles. The second-order valence-corrected chi connectivity index (χ2v) is 4.05. The lowest BCUT2D eigenvalue weighted by atomic mass is 10.1. The maximum atomic E-state index is 4.66. The Morgan fingerprint density at radius 3 is 2.65 bits per heavy atom. The third kappa shape index (κ3) is 3.64. The zero-order chi connectivity index (χ0) is 15.0. The van der Waals surface area contributed by atoms with E-state index in [0.29, 0.717) is 0 Å². The average molecular weight is 266 g/mol. The lowest BCUT2D eigenvalue weighted by Crippen LogP contribution is -1.94. The Kier molecular flexibility index (Phi) is 6.38. The number of aryl methyl sites for hydroxylation is 1. The van der Waals surface area contributed by atoms with Crippen LogP contribution >= 0.6 is 0 Å². The van der Waals surface area contributed by atoms with E-state index < -0.39 is 0 Å². The van der Waals surface area contributed by atoms with Gasteiger partial charge in [0.15, 0.2) is 0 Å². The molecule has 0 saturated heterocycles. The fourth-order valence-electron chi connectivity index (χ4n) is 1.83. The van der Waals surface area contributed by atoms with Crippen molar-refractivity contribution >= 4 is 16.6 Å². The minimum absolute atomic E-state index is 0.909. The lowest BCUT2D eigenvalue weighted by Gasteiger charge is -2.07. The van der Waals surface area contributed by atoms with Gasteiger partial charge >= 0.3 is 0 Å². The molecule has 2 heteroatoms. The van der Waals surface area contributed by atoms with E-state index in [-0.39, 0.29) is 0 Å². The lowest BCUT2D eigenvalue weighted by molar-refractivity contribution is 1.25. The summed E-state index contributed by atoms with van der Waals surface area (Å²) in [6.07, 6.45) is 9.61. The molecule has 2 nitrogen and oxygen atoms in total. The molecular formula is C18H22N2. The van der Waals surface area contributed by atoms with E-state index in [4.69, 9.17) is 0 Å². The summed E-state index contributed by atoms with van der Waals surface area (Å²) in [5.41, 5.74) is 4.93. The molecule has 0 radical (unpaired) electrons. The van der Waals surface area contributed by atoms with Crippen molar-refractivity contribution in [3.63, 3.8) is 0 Å². The minimum Gasteiger partial charge on any atom is -0.255 e. The first-order valence-electron chi connectivity index (χ1n) is 6.94. The number of aromatic nitrogens is 2. The van der Waals surface area contributed by atoms with Gasteiger partial charge in [-0.2, -0.15) is 0 Å². The minimum atomic E-state index is 0.909. The van der Waals surface area contributed by atoms with Crippen LogP contribution in [0.1, 0.15) is 32.0 Å². The van der Waals surface area contributed by atoms with E-state index in [2.05, 4.69) is 22.6 Å². The fourth-order valence-corrected chi connectivity index (χ4v) is 1.83. The van der Waals surface area contributed by atoms with Gasteiger partial charge in [0.1, 0.15) is 0 Å². The number of pyridine rings is 2. The Hall–Kier alpha value is -2.22. The van der Waals surface area contributed by atoms with Gasteiger partial charge in [0.25, 0.3) is 0 Å². The van der Waals surface area contributed by atoms with Crippen LogP contribution in [0.4, 0.5) is 0 Å². The monoisotopic (exact) mass is 266 g/mol. The zero-order valence-corrected chi connectivity index (χ0v) is 12.7. The molecule has 20 heavy (non-hydrogen) atoms. The van der Waals surface area contributed by atoms with Crippen molar-refractivity contribution in [1.82, 2.24) is 9.97 Å². The molecule has 0 saturated carbocycles. The summed E-state index contributed by atoms with van der Waals surface area (Å²) in [4.78, 5) is 8.97. The van der Waals surface area contributed by atoms with E-state index >= 15 is 0 Å². The van der Waals surface area contributed by atoms with Crippen LogP contribution in [0.25, 0.3) is 16.6 Å². The van der Waals surface area contributed by atoms with Crippen molar-refractivity contribution in [1.29, 1.82) is 0 Å². The van der Waals surface area contributed by atoms with Gasteiger partial charge in [0.05, 0.1) is 16.7 Å². The number of rotatable bonds is 3. The maximum absolute atomic E-state index is 4.66. The summed E-state index contributed by atoms with van der Waals surface area (Å²) < 4.78 is 0. The van der Waals surface area contributed by atoms with Gasteiger partial charge in [-0.25, -0.2) is 4.98 Å². The van der Waals surface area contributed by atoms with Gasteiger partial charge in [-0.3, -0.25) is 4.98 Å². The van der Waals surface area contributed by atoms with Crippen LogP contribution in [0.2, 0.25) is 0 Å². The topological polar surface area (TPSA) is 25.8 Å². The molecule has 0 atom stereocenters. The van der Waals surface area contributed by atoms with Crippen LogP contribution < -0.4 is 0 Å². The van der Waals surface area contributed by atoms with Gasteiger partial charge in [-0.05, 0) is 43.2 Å². The van der Waals surface area contributed by atoms with Crippen LogP contribution in [-0.4, -0.2) is 9.97 Å². The molecule has 0 spiro atoms. The summed E-state index contributed by atoms with van der Waals surface area (Å²) in [7, 11) is 0. The number of hydrogen-bond acceptors (Lipinski definition) is 2. The molecule has 0 bridgehead atoms. The van der Waals surface area contributed by atoms with Gasteiger partial charge in [0, 0.05) is 6.20 Å². The largest absolute Gasteiger partial charge is 0.255 e. The van der Waals surface area contributed by atoms with Gasteiger partial charge in [-0.1, -0.05) is 44.7 Å². The molecule has 0 N–H and O–H groups in total. The number of fused-ring (bicyclic) bond motifs is 1. The predicted octanol–water partition coefficient (Wildman–Crippen LogP) is 5.11. The smallest absolute Gasteiger partial charge is 0.0894 e. The number of allylic oxidation sites excluding steroid dienone is 5. The molecule has 2 rings (SSSR count). The van der Waals surface area contributed by atoms with Gasteiger partial charge in [-0.15, -0.1) is 0 Å². The standard InChI is InChI=1S/C16H16N2.C2H6/c1-4-6-8-13(5-2)16-12(3)11-15-14(18-16)9-7-10-17-15;1-2/h4-11H,2H2,1,3H3;1-2H3/b6-4-,13-8+;. The quantitative estimate of drug-likeness (QED) is 0.721. The Morgan fingerprint density at radius 2 is 2.00 bits per heavy atom. The zero-order valence-electron chi connectivity index (χ0n) is 12.7. The Morgan fingerprint density at radius 1 is 1.25 bits per heavy atom. The van der Waals surface area contributed by atoms with Crippen molar-refractivity contribution in [3.8, 4) is 0 Å². The molecule has 2 heterocycles.